The van der Waals surface area contributed by atoms with Gasteiger partial charge in [-0.15, -0.1) is 0 Å². The first-order valence-corrected chi connectivity index (χ1v) is 8.61. The highest BCUT2D eigenvalue weighted by atomic mass is 19.4. The Morgan fingerprint density at radius 2 is 1.67 bits per heavy atom. The highest BCUT2D eigenvalue weighted by Gasteiger charge is 2.38. The van der Waals surface area contributed by atoms with Gasteiger partial charge in [0.2, 0.25) is 0 Å². The number of rotatable bonds is 2. The Bertz CT molecular complexity index is 771. The lowest BCUT2D eigenvalue weighted by atomic mass is 10.0. The number of pyridine rings is 1. The first-order valence-electron chi connectivity index (χ1n) is 8.61. The fourth-order valence-corrected chi connectivity index (χ4v) is 3.46. The maximum absolute atomic E-state index is 10.6. The summed E-state index contributed by atoms with van der Waals surface area (Å²) in [6.45, 7) is 4.68. The summed E-state index contributed by atoms with van der Waals surface area (Å²) in [4.78, 5) is 15.8. The van der Waals surface area contributed by atoms with E-state index in [0.717, 1.165) is 24.9 Å². The monoisotopic (exact) mass is 379 g/mol. The molecule has 2 aromatic rings. The summed E-state index contributed by atoms with van der Waals surface area (Å²) in [5.74, 6) is -1.13. The number of alkyl halides is 3. The summed E-state index contributed by atoms with van der Waals surface area (Å²) in [5, 5.41) is 10.6. The molecule has 2 saturated heterocycles. The molecule has 1 aromatic carbocycles. The van der Waals surface area contributed by atoms with E-state index in [1.807, 2.05) is 12.4 Å². The second-order valence-corrected chi connectivity index (χ2v) is 6.68. The number of halogens is 3. The normalized spacial score (nSPS) is 21.4. The molecule has 0 unspecified atom stereocenters. The summed E-state index contributed by atoms with van der Waals surface area (Å²) < 4.78 is 31.7. The number of carboxylic acids is 1. The zero-order valence-corrected chi connectivity index (χ0v) is 14.5. The number of aromatic nitrogens is 1. The second-order valence-electron chi connectivity index (χ2n) is 6.68. The number of hydrogen-bond donors (Lipinski definition) is 2. The first-order chi connectivity index (χ1) is 12.8. The van der Waals surface area contributed by atoms with E-state index >= 15 is 0 Å². The molecule has 2 fully saturated rings. The van der Waals surface area contributed by atoms with Crippen LogP contribution >= 0.6 is 0 Å². The minimum absolute atomic E-state index is 0.815. The van der Waals surface area contributed by atoms with Crippen molar-refractivity contribution < 1.29 is 23.1 Å². The van der Waals surface area contributed by atoms with Crippen molar-refractivity contribution in [3.05, 3.63) is 48.8 Å². The molecule has 0 amide bonds. The molecule has 144 valence electrons. The molecule has 0 saturated carbocycles. The third-order valence-electron chi connectivity index (χ3n) is 4.83. The van der Waals surface area contributed by atoms with E-state index in [-0.39, 0.29) is 0 Å². The zero-order valence-electron chi connectivity index (χ0n) is 14.5. The molecule has 2 aliphatic rings. The van der Waals surface area contributed by atoms with E-state index in [0.29, 0.717) is 0 Å². The van der Waals surface area contributed by atoms with Gasteiger partial charge < -0.3 is 15.3 Å². The molecule has 8 heteroatoms. The number of nitrogens with one attached hydrogen (secondary N) is 1. The quantitative estimate of drug-likeness (QED) is 0.840. The Hall–Kier alpha value is -2.61. The fourth-order valence-electron chi connectivity index (χ4n) is 3.46. The van der Waals surface area contributed by atoms with Crippen molar-refractivity contribution in [3.8, 4) is 11.1 Å². The Labute approximate surface area is 154 Å². The molecule has 3 heterocycles. The zero-order chi connectivity index (χ0) is 19.4. The van der Waals surface area contributed by atoms with Gasteiger partial charge >= 0.3 is 12.1 Å². The molecule has 1 aromatic heterocycles. The minimum Gasteiger partial charge on any atom is -0.475 e. The number of benzene rings is 1. The first kappa shape index (κ1) is 19.2. The SMILES string of the molecule is O=C(O)C(F)(F)F.c1ccc(-c2cncc(N3C[C@H]4CNC[C@H]4C3)c2)cc1. The number of carboxylic acid groups (broad SMARTS) is 1. The number of hydrogen-bond acceptors (Lipinski definition) is 4. The van der Waals surface area contributed by atoms with Crippen LogP contribution < -0.4 is 10.2 Å². The Balaban J connectivity index is 0.000000260. The van der Waals surface area contributed by atoms with Gasteiger partial charge in [0.1, 0.15) is 0 Å². The van der Waals surface area contributed by atoms with Crippen molar-refractivity contribution in [2.24, 2.45) is 11.8 Å². The average molecular weight is 379 g/mol. The van der Waals surface area contributed by atoms with Crippen LogP contribution in [0.1, 0.15) is 0 Å². The molecular formula is C19H20F3N3O2. The van der Waals surface area contributed by atoms with Gasteiger partial charge in [0, 0.05) is 37.9 Å². The van der Waals surface area contributed by atoms with E-state index in [4.69, 9.17) is 9.90 Å². The van der Waals surface area contributed by atoms with Crippen molar-refractivity contribution in [1.82, 2.24) is 10.3 Å². The van der Waals surface area contributed by atoms with E-state index < -0.39 is 12.1 Å². The molecule has 4 rings (SSSR count). The number of carbonyl (C=O) groups is 1. The van der Waals surface area contributed by atoms with Crippen molar-refractivity contribution in [2.45, 2.75) is 6.18 Å². The van der Waals surface area contributed by atoms with Crippen molar-refractivity contribution in [3.63, 3.8) is 0 Å². The van der Waals surface area contributed by atoms with E-state index in [2.05, 4.69) is 51.6 Å². The Morgan fingerprint density at radius 1 is 1.07 bits per heavy atom. The second kappa shape index (κ2) is 7.96. The smallest absolute Gasteiger partial charge is 0.475 e. The highest BCUT2D eigenvalue weighted by Crippen LogP contribution is 2.31. The third kappa shape index (κ3) is 4.77. The van der Waals surface area contributed by atoms with Crippen molar-refractivity contribution >= 4 is 11.7 Å². The Kier molecular flexibility index (Phi) is 5.65. The third-order valence-corrected chi connectivity index (χ3v) is 4.83. The maximum Gasteiger partial charge on any atom is 0.490 e. The molecule has 2 aliphatic heterocycles. The topological polar surface area (TPSA) is 65.5 Å². The van der Waals surface area contributed by atoms with Crippen molar-refractivity contribution in [1.29, 1.82) is 0 Å². The lowest BCUT2D eigenvalue weighted by Gasteiger charge is -2.20. The maximum atomic E-state index is 10.6. The number of anilines is 1. The van der Waals surface area contributed by atoms with Gasteiger partial charge in [0.05, 0.1) is 11.9 Å². The van der Waals surface area contributed by atoms with Gasteiger partial charge in [-0.3, -0.25) is 4.98 Å². The minimum atomic E-state index is -5.08. The molecule has 0 radical (unpaired) electrons. The van der Waals surface area contributed by atoms with E-state index in [9.17, 15) is 13.2 Å². The largest absolute Gasteiger partial charge is 0.490 e. The summed E-state index contributed by atoms with van der Waals surface area (Å²) in [6.07, 6.45) is -1.13. The number of fused-ring (bicyclic) bond motifs is 1. The molecule has 2 atom stereocenters. The summed E-state index contributed by atoms with van der Waals surface area (Å²) >= 11 is 0. The fraction of sp³-hybridized carbons (Fsp3) is 0.368. The molecule has 27 heavy (non-hydrogen) atoms. The van der Waals surface area contributed by atoms with E-state index in [1.54, 1.807) is 0 Å². The summed E-state index contributed by atoms with van der Waals surface area (Å²) in [5.41, 5.74) is 3.71. The van der Waals surface area contributed by atoms with Gasteiger partial charge in [-0.1, -0.05) is 30.3 Å². The molecule has 2 N–H and O–H groups in total. The van der Waals surface area contributed by atoms with E-state index in [1.165, 1.54) is 29.9 Å². The van der Waals surface area contributed by atoms with Crippen LogP contribution in [0.4, 0.5) is 18.9 Å². The molecule has 5 nitrogen and oxygen atoms in total. The predicted molar refractivity (Wildman–Crippen MR) is 95.4 cm³/mol. The van der Waals surface area contributed by atoms with Crippen LogP contribution in [0.2, 0.25) is 0 Å². The highest BCUT2D eigenvalue weighted by molar-refractivity contribution is 5.73. The van der Waals surface area contributed by atoms with Crippen LogP contribution in [-0.4, -0.2) is 48.4 Å². The Morgan fingerprint density at radius 3 is 2.22 bits per heavy atom. The number of nitrogens with zero attached hydrogens (tertiary/aromatic N) is 2. The molecule has 0 spiro atoms. The standard InChI is InChI=1S/C17H19N3.C2HF3O2/c1-2-4-13(5-3-1)14-6-17(10-19-7-14)20-11-15-8-18-9-16(15)12-20;3-2(4,5)1(6)7/h1-7,10,15-16,18H,8-9,11-12H2;(H,6,7)/t15-,16+;. The van der Waals surface area contributed by atoms with Gasteiger partial charge in [-0.05, 0) is 23.5 Å². The predicted octanol–water partition coefficient (Wildman–Crippen LogP) is 3.04. The van der Waals surface area contributed by atoms with Crippen LogP contribution in [-0.2, 0) is 4.79 Å². The van der Waals surface area contributed by atoms with Crippen LogP contribution in [0.25, 0.3) is 11.1 Å². The molecule has 0 aliphatic carbocycles. The molecule has 0 bridgehead atoms. The van der Waals surface area contributed by atoms with Gasteiger partial charge in [-0.2, -0.15) is 13.2 Å². The van der Waals surface area contributed by atoms with Gasteiger partial charge in [-0.25, -0.2) is 4.79 Å². The summed E-state index contributed by atoms with van der Waals surface area (Å²) in [6, 6.07) is 12.8. The van der Waals surface area contributed by atoms with Crippen LogP contribution in [0, 0.1) is 11.8 Å². The number of aliphatic carboxylic acids is 1. The molecular weight excluding hydrogens is 359 g/mol. The van der Waals surface area contributed by atoms with Crippen molar-refractivity contribution in [2.75, 3.05) is 31.1 Å². The lowest BCUT2D eigenvalue weighted by Crippen LogP contribution is -2.25. The lowest BCUT2D eigenvalue weighted by molar-refractivity contribution is -0.192. The summed E-state index contributed by atoms with van der Waals surface area (Å²) in [7, 11) is 0. The van der Waals surface area contributed by atoms with Crippen LogP contribution in [0.3, 0.4) is 0 Å². The average Bonchev–Trinajstić information content (AvgIpc) is 3.24. The van der Waals surface area contributed by atoms with Gasteiger partial charge in [0.15, 0.2) is 0 Å². The van der Waals surface area contributed by atoms with Crippen LogP contribution in [0.15, 0.2) is 48.8 Å². The van der Waals surface area contributed by atoms with Crippen LogP contribution in [0.5, 0.6) is 0 Å². The van der Waals surface area contributed by atoms with Gasteiger partial charge in [0.25, 0.3) is 0 Å².